The zero-order valence-electron chi connectivity index (χ0n) is 11.6. The van der Waals surface area contributed by atoms with E-state index in [1.165, 1.54) is 32.1 Å². The first-order valence-electron chi connectivity index (χ1n) is 7.11. The molecule has 0 bridgehead atoms. The molecular weight excluding hydrogens is 236 g/mol. The number of nitriles is 1. The summed E-state index contributed by atoms with van der Waals surface area (Å²) in [6.45, 7) is 1.82. The van der Waals surface area contributed by atoms with Crippen LogP contribution in [0.4, 0.5) is 0 Å². The Morgan fingerprint density at radius 1 is 1.37 bits per heavy atom. The zero-order valence-corrected chi connectivity index (χ0v) is 11.6. The lowest BCUT2D eigenvalue weighted by atomic mass is 10.0. The van der Waals surface area contributed by atoms with Gasteiger partial charge >= 0.3 is 0 Å². The van der Waals surface area contributed by atoms with Gasteiger partial charge in [-0.05, 0) is 37.1 Å². The van der Waals surface area contributed by atoms with Crippen LogP contribution >= 0.6 is 0 Å². The largest absolute Gasteiger partial charge is 0.496 e. The van der Waals surface area contributed by atoms with E-state index in [4.69, 9.17) is 10.00 Å². The summed E-state index contributed by atoms with van der Waals surface area (Å²) in [5, 5.41) is 12.4. The van der Waals surface area contributed by atoms with Gasteiger partial charge in [0, 0.05) is 12.1 Å². The second-order valence-corrected chi connectivity index (χ2v) is 5.25. The third kappa shape index (κ3) is 3.97. The van der Waals surface area contributed by atoms with Crippen molar-refractivity contribution >= 4 is 0 Å². The minimum absolute atomic E-state index is 0.688. The smallest absolute Gasteiger partial charge is 0.123 e. The molecule has 3 nitrogen and oxygen atoms in total. The molecule has 2 rings (SSSR count). The number of benzene rings is 1. The number of methoxy groups -OCH3 is 1. The van der Waals surface area contributed by atoms with Crippen LogP contribution in [-0.4, -0.2) is 13.7 Å². The third-order valence-electron chi connectivity index (χ3n) is 3.93. The molecular formula is C16H22N2O. The van der Waals surface area contributed by atoms with E-state index in [-0.39, 0.29) is 0 Å². The molecule has 0 aliphatic heterocycles. The van der Waals surface area contributed by atoms with Gasteiger partial charge in [-0.3, -0.25) is 0 Å². The van der Waals surface area contributed by atoms with Gasteiger partial charge in [-0.2, -0.15) is 5.26 Å². The van der Waals surface area contributed by atoms with Gasteiger partial charge in [-0.1, -0.05) is 25.7 Å². The van der Waals surface area contributed by atoms with Crippen molar-refractivity contribution in [3.63, 3.8) is 0 Å². The molecule has 0 amide bonds. The summed E-state index contributed by atoms with van der Waals surface area (Å²) in [7, 11) is 1.67. The van der Waals surface area contributed by atoms with Crippen molar-refractivity contribution in [1.82, 2.24) is 5.32 Å². The molecule has 19 heavy (non-hydrogen) atoms. The quantitative estimate of drug-likeness (QED) is 0.797. The lowest BCUT2D eigenvalue weighted by molar-refractivity contribution is 0.406. The molecule has 0 spiro atoms. The first-order valence-corrected chi connectivity index (χ1v) is 7.11. The van der Waals surface area contributed by atoms with Crippen LogP contribution in [0.15, 0.2) is 18.2 Å². The molecule has 1 aliphatic carbocycles. The lowest BCUT2D eigenvalue weighted by Crippen LogP contribution is -2.17. The van der Waals surface area contributed by atoms with Crippen LogP contribution in [0, 0.1) is 17.2 Å². The highest BCUT2D eigenvalue weighted by Gasteiger charge is 2.14. The molecule has 0 atom stereocenters. The highest BCUT2D eigenvalue weighted by molar-refractivity contribution is 5.41. The van der Waals surface area contributed by atoms with Crippen molar-refractivity contribution in [2.45, 2.75) is 38.6 Å². The molecule has 0 heterocycles. The van der Waals surface area contributed by atoms with Crippen LogP contribution in [0.1, 0.15) is 43.2 Å². The molecule has 1 saturated carbocycles. The molecule has 1 N–H and O–H groups in total. The van der Waals surface area contributed by atoms with Crippen molar-refractivity contribution in [3.8, 4) is 11.8 Å². The standard InChI is InChI=1S/C16H22N2O/c1-19-16-7-6-14(11-17)10-15(16)12-18-9-8-13-4-2-3-5-13/h6-7,10,13,18H,2-5,8-9,12H2,1H3. The number of rotatable bonds is 6. The maximum Gasteiger partial charge on any atom is 0.123 e. The summed E-state index contributed by atoms with van der Waals surface area (Å²) in [6.07, 6.45) is 6.87. The molecule has 0 saturated heterocycles. The molecule has 0 aromatic heterocycles. The minimum Gasteiger partial charge on any atom is -0.496 e. The molecule has 1 aromatic carbocycles. The summed E-state index contributed by atoms with van der Waals surface area (Å²) < 4.78 is 5.33. The molecule has 1 fully saturated rings. The number of ether oxygens (including phenoxy) is 1. The SMILES string of the molecule is COc1ccc(C#N)cc1CNCCC1CCCC1. The van der Waals surface area contributed by atoms with Crippen LogP contribution in [0.2, 0.25) is 0 Å². The van der Waals surface area contributed by atoms with Gasteiger partial charge in [0.15, 0.2) is 0 Å². The fraction of sp³-hybridized carbons (Fsp3) is 0.562. The Kier molecular flexibility index (Phi) is 5.23. The highest BCUT2D eigenvalue weighted by Crippen LogP contribution is 2.27. The average Bonchev–Trinajstić information content (AvgIpc) is 2.96. The van der Waals surface area contributed by atoms with Gasteiger partial charge in [0.2, 0.25) is 0 Å². The molecule has 0 radical (unpaired) electrons. The summed E-state index contributed by atoms with van der Waals surface area (Å²) in [5.74, 6) is 1.77. The predicted molar refractivity (Wildman–Crippen MR) is 76.0 cm³/mol. The van der Waals surface area contributed by atoms with Gasteiger partial charge in [-0.15, -0.1) is 0 Å². The van der Waals surface area contributed by atoms with Crippen LogP contribution in [-0.2, 0) is 6.54 Å². The summed E-state index contributed by atoms with van der Waals surface area (Å²) >= 11 is 0. The fourth-order valence-corrected chi connectivity index (χ4v) is 2.81. The Labute approximate surface area is 115 Å². The van der Waals surface area contributed by atoms with E-state index in [0.29, 0.717) is 5.56 Å². The molecule has 3 heteroatoms. The highest BCUT2D eigenvalue weighted by atomic mass is 16.5. The van der Waals surface area contributed by atoms with Gasteiger partial charge < -0.3 is 10.1 Å². The monoisotopic (exact) mass is 258 g/mol. The molecule has 1 aliphatic rings. The number of hydrogen-bond donors (Lipinski definition) is 1. The Bertz CT molecular complexity index is 445. The third-order valence-corrected chi connectivity index (χ3v) is 3.93. The van der Waals surface area contributed by atoms with E-state index in [0.717, 1.165) is 30.3 Å². The van der Waals surface area contributed by atoms with E-state index < -0.39 is 0 Å². The predicted octanol–water partition coefficient (Wildman–Crippen LogP) is 3.24. The van der Waals surface area contributed by atoms with Crippen molar-refractivity contribution in [1.29, 1.82) is 5.26 Å². The van der Waals surface area contributed by atoms with Crippen LogP contribution in [0.5, 0.6) is 5.75 Å². The van der Waals surface area contributed by atoms with Crippen molar-refractivity contribution in [3.05, 3.63) is 29.3 Å². The first kappa shape index (κ1) is 13.9. The van der Waals surface area contributed by atoms with E-state index in [9.17, 15) is 0 Å². The van der Waals surface area contributed by atoms with Crippen LogP contribution in [0.3, 0.4) is 0 Å². The van der Waals surface area contributed by atoms with E-state index in [2.05, 4.69) is 11.4 Å². The first-order chi connectivity index (χ1) is 9.33. The lowest BCUT2D eigenvalue weighted by Gasteiger charge is -2.12. The maximum atomic E-state index is 8.93. The van der Waals surface area contributed by atoms with Crippen molar-refractivity contribution in [2.75, 3.05) is 13.7 Å². The number of hydrogen-bond acceptors (Lipinski definition) is 3. The van der Waals surface area contributed by atoms with Crippen LogP contribution < -0.4 is 10.1 Å². The normalized spacial score (nSPS) is 15.4. The minimum atomic E-state index is 0.688. The maximum absolute atomic E-state index is 8.93. The van der Waals surface area contributed by atoms with Crippen molar-refractivity contribution in [2.24, 2.45) is 5.92 Å². The van der Waals surface area contributed by atoms with Gasteiger partial charge in [0.25, 0.3) is 0 Å². The average molecular weight is 258 g/mol. The van der Waals surface area contributed by atoms with E-state index in [1.807, 2.05) is 12.1 Å². The second kappa shape index (κ2) is 7.16. The van der Waals surface area contributed by atoms with Crippen molar-refractivity contribution < 1.29 is 4.74 Å². The molecule has 102 valence electrons. The summed E-state index contributed by atoms with van der Waals surface area (Å²) in [5.41, 5.74) is 1.75. The van der Waals surface area contributed by atoms with Gasteiger partial charge in [0.05, 0.1) is 18.7 Å². The summed E-state index contributed by atoms with van der Waals surface area (Å²) in [4.78, 5) is 0. The Morgan fingerprint density at radius 3 is 2.84 bits per heavy atom. The van der Waals surface area contributed by atoms with Gasteiger partial charge in [-0.25, -0.2) is 0 Å². The fourth-order valence-electron chi connectivity index (χ4n) is 2.81. The Balaban J connectivity index is 1.82. The topological polar surface area (TPSA) is 45.0 Å². The molecule has 0 unspecified atom stereocenters. The number of nitrogens with one attached hydrogen (secondary N) is 1. The second-order valence-electron chi connectivity index (χ2n) is 5.25. The van der Waals surface area contributed by atoms with E-state index in [1.54, 1.807) is 13.2 Å². The summed E-state index contributed by atoms with van der Waals surface area (Å²) in [6, 6.07) is 7.73. The zero-order chi connectivity index (χ0) is 13.5. The number of nitrogens with zero attached hydrogens (tertiary/aromatic N) is 1. The van der Waals surface area contributed by atoms with E-state index >= 15 is 0 Å². The Morgan fingerprint density at radius 2 is 2.16 bits per heavy atom. The molecule has 1 aromatic rings. The Hall–Kier alpha value is -1.53. The van der Waals surface area contributed by atoms with Crippen LogP contribution in [0.25, 0.3) is 0 Å². The van der Waals surface area contributed by atoms with Gasteiger partial charge in [0.1, 0.15) is 5.75 Å².